The van der Waals surface area contributed by atoms with Crippen LogP contribution in [-0.4, -0.2) is 48.3 Å². The third-order valence-electron chi connectivity index (χ3n) is 3.88. The first kappa shape index (κ1) is 15.4. The first-order valence-corrected chi connectivity index (χ1v) is 7.79. The van der Waals surface area contributed by atoms with Crippen LogP contribution in [0.25, 0.3) is 0 Å². The minimum Gasteiger partial charge on any atom is -0.372 e. The summed E-state index contributed by atoms with van der Waals surface area (Å²) in [5.41, 5.74) is 1.32. The second-order valence-corrected chi connectivity index (χ2v) is 5.45. The molecule has 2 rings (SSSR count). The van der Waals surface area contributed by atoms with E-state index in [2.05, 4.69) is 41.2 Å². The molecular formula is C16H27N3O. The summed E-state index contributed by atoms with van der Waals surface area (Å²) < 4.78 is 6.12. The zero-order chi connectivity index (χ0) is 14.2. The van der Waals surface area contributed by atoms with Crippen LogP contribution in [0.15, 0.2) is 24.5 Å². The Morgan fingerprint density at radius 2 is 2.00 bits per heavy atom. The molecule has 2 heterocycles. The van der Waals surface area contributed by atoms with Gasteiger partial charge in [0.15, 0.2) is 0 Å². The molecule has 0 amide bonds. The fourth-order valence-electron chi connectivity index (χ4n) is 2.71. The van der Waals surface area contributed by atoms with Gasteiger partial charge in [-0.05, 0) is 43.6 Å². The fourth-order valence-corrected chi connectivity index (χ4v) is 2.71. The van der Waals surface area contributed by atoms with Crippen molar-refractivity contribution in [2.24, 2.45) is 0 Å². The van der Waals surface area contributed by atoms with Gasteiger partial charge in [-0.1, -0.05) is 13.8 Å². The van der Waals surface area contributed by atoms with Crippen LogP contribution < -0.4 is 5.32 Å². The molecule has 1 aliphatic heterocycles. The Balaban J connectivity index is 1.76. The van der Waals surface area contributed by atoms with Crippen LogP contribution in [0, 0.1) is 0 Å². The molecule has 1 saturated heterocycles. The Kier molecular flexibility index (Phi) is 6.43. The molecule has 0 aromatic carbocycles. The third-order valence-corrected chi connectivity index (χ3v) is 3.88. The predicted molar refractivity (Wildman–Crippen MR) is 81.6 cm³/mol. The Labute approximate surface area is 122 Å². The number of rotatable bonds is 8. The van der Waals surface area contributed by atoms with Gasteiger partial charge in [0, 0.05) is 32.0 Å². The molecule has 4 heteroatoms. The summed E-state index contributed by atoms with van der Waals surface area (Å²) in [5, 5.41) is 3.37. The van der Waals surface area contributed by atoms with Crippen LogP contribution in [0.5, 0.6) is 0 Å². The number of likely N-dealkylation sites (N-methyl/N-ethyl adjacent to an activating group) is 2. The first-order chi connectivity index (χ1) is 9.81. The minimum atomic E-state index is 0.389. The van der Waals surface area contributed by atoms with Crippen LogP contribution in [0.2, 0.25) is 0 Å². The van der Waals surface area contributed by atoms with Gasteiger partial charge in [-0.3, -0.25) is 9.88 Å². The largest absolute Gasteiger partial charge is 0.372 e. The molecule has 0 spiro atoms. The molecule has 0 bridgehead atoms. The van der Waals surface area contributed by atoms with Crippen molar-refractivity contribution in [3.8, 4) is 0 Å². The van der Waals surface area contributed by atoms with Gasteiger partial charge in [-0.2, -0.15) is 0 Å². The maximum atomic E-state index is 6.12. The lowest BCUT2D eigenvalue weighted by Crippen LogP contribution is -2.33. The predicted octanol–water partition coefficient (Wildman–Crippen LogP) is 2.06. The Bertz CT molecular complexity index is 371. The highest BCUT2D eigenvalue weighted by Crippen LogP contribution is 2.20. The SMILES string of the molecule is CCNCC1CCC(CN(CC)Cc2ccncc2)O1. The van der Waals surface area contributed by atoms with E-state index in [1.807, 2.05) is 12.4 Å². The number of hydrogen-bond donors (Lipinski definition) is 1. The Morgan fingerprint density at radius 3 is 2.70 bits per heavy atom. The van der Waals surface area contributed by atoms with Crippen LogP contribution in [-0.2, 0) is 11.3 Å². The zero-order valence-corrected chi connectivity index (χ0v) is 12.7. The van der Waals surface area contributed by atoms with Crippen LogP contribution >= 0.6 is 0 Å². The maximum absolute atomic E-state index is 6.12. The van der Waals surface area contributed by atoms with Gasteiger partial charge in [0.2, 0.25) is 0 Å². The highest BCUT2D eigenvalue weighted by molar-refractivity contribution is 5.09. The van der Waals surface area contributed by atoms with Crippen molar-refractivity contribution >= 4 is 0 Å². The van der Waals surface area contributed by atoms with E-state index < -0.39 is 0 Å². The van der Waals surface area contributed by atoms with Gasteiger partial charge >= 0.3 is 0 Å². The fraction of sp³-hybridized carbons (Fsp3) is 0.688. The first-order valence-electron chi connectivity index (χ1n) is 7.79. The lowest BCUT2D eigenvalue weighted by molar-refractivity contribution is 0.0230. The van der Waals surface area contributed by atoms with E-state index in [9.17, 15) is 0 Å². The lowest BCUT2D eigenvalue weighted by Gasteiger charge is -2.24. The molecule has 1 aliphatic rings. The summed E-state index contributed by atoms with van der Waals surface area (Å²) in [5.74, 6) is 0. The Morgan fingerprint density at radius 1 is 1.25 bits per heavy atom. The van der Waals surface area contributed by atoms with Gasteiger partial charge in [-0.25, -0.2) is 0 Å². The minimum absolute atomic E-state index is 0.389. The number of nitrogens with zero attached hydrogens (tertiary/aromatic N) is 2. The van der Waals surface area contributed by atoms with E-state index in [1.54, 1.807) is 0 Å². The number of ether oxygens (including phenoxy) is 1. The summed E-state index contributed by atoms with van der Waals surface area (Å²) in [6, 6.07) is 4.18. The van der Waals surface area contributed by atoms with Crippen LogP contribution in [0.4, 0.5) is 0 Å². The van der Waals surface area contributed by atoms with E-state index in [4.69, 9.17) is 4.74 Å². The van der Waals surface area contributed by atoms with Gasteiger partial charge in [0.25, 0.3) is 0 Å². The molecule has 0 saturated carbocycles. The van der Waals surface area contributed by atoms with Gasteiger partial charge in [-0.15, -0.1) is 0 Å². The molecule has 20 heavy (non-hydrogen) atoms. The highest BCUT2D eigenvalue weighted by atomic mass is 16.5. The summed E-state index contributed by atoms with van der Waals surface area (Å²) in [4.78, 5) is 6.52. The quantitative estimate of drug-likeness (QED) is 0.789. The van der Waals surface area contributed by atoms with Crippen molar-refractivity contribution in [2.75, 3.05) is 26.2 Å². The molecule has 2 unspecified atom stereocenters. The van der Waals surface area contributed by atoms with Crippen LogP contribution in [0.3, 0.4) is 0 Å². The van der Waals surface area contributed by atoms with Crippen molar-refractivity contribution in [3.63, 3.8) is 0 Å². The number of hydrogen-bond acceptors (Lipinski definition) is 4. The van der Waals surface area contributed by atoms with Gasteiger partial charge in [0.1, 0.15) is 0 Å². The molecule has 0 aliphatic carbocycles. The standard InChI is InChI=1S/C16H27N3O/c1-3-17-11-15-5-6-16(20-15)13-19(4-2)12-14-7-9-18-10-8-14/h7-10,15-17H,3-6,11-13H2,1-2H3. The van der Waals surface area contributed by atoms with Crippen molar-refractivity contribution < 1.29 is 4.74 Å². The number of aromatic nitrogens is 1. The van der Waals surface area contributed by atoms with E-state index in [1.165, 1.54) is 18.4 Å². The molecule has 2 atom stereocenters. The summed E-state index contributed by atoms with van der Waals surface area (Å²) in [6.45, 7) is 9.43. The molecule has 112 valence electrons. The third kappa shape index (κ3) is 4.85. The van der Waals surface area contributed by atoms with Crippen molar-refractivity contribution in [3.05, 3.63) is 30.1 Å². The van der Waals surface area contributed by atoms with Crippen molar-refractivity contribution in [1.29, 1.82) is 0 Å². The molecule has 1 aromatic rings. The molecule has 1 N–H and O–H groups in total. The molecule has 1 fully saturated rings. The van der Waals surface area contributed by atoms with Crippen molar-refractivity contribution in [2.45, 2.75) is 45.4 Å². The van der Waals surface area contributed by atoms with Crippen LogP contribution in [0.1, 0.15) is 32.3 Å². The zero-order valence-electron chi connectivity index (χ0n) is 12.7. The smallest absolute Gasteiger partial charge is 0.0707 e. The lowest BCUT2D eigenvalue weighted by atomic mass is 10.1. The normalized spacial score (nSPS) is 22.6. The van der Waals surface area contributed by atoms with E-state index in [0.717, 1.165) is 32.7 Å². The highest BCUT2D eigenvalue weighted by Gasteiger charge is 2.26. The Hall–Kier alpha value is -0.970. The van der Waals surface area contributed by atoms with Crippen molar-refractivity contribution in [1.82, 2.24) is 15.2 Å². The average Bonchev–Trinajstić information content (AvgIpc) is 2.93. The maximum Gasteiger partial charge on any atom is 0.0707 e. The molecule has 4 nitrogen and oxygen atoms in total. The van der Waals surface area contributed by atoms with E-state index in [0.29, 0.717) is 12.2 Å². The number of pyridine rings is 1. The summed E-state index contributed by atoms with van der Waals surface area (Å²) in [7, 11) is 0. The average molecular weight is 277 g/mol. The summed E-state index contributed by atoms with van der Waals surface area (Å²) in [6.07, 6.45) is 6.89. The van der Waals surface area contributed by atoms with Gasteiger partial charge in [0.05, 0.1) is 12.2 Å². The second-order valence-electron chi connectivity index (χ2n) is 5.45. The summed E-state index contributed by atoms with van der Waals surface area (Å²) >= 11 is 0. The van der Waals surface area contributed by atoms with Gasteiger partial charge < -0.3 is 10.1 Å². The number of nitrogens with one attached hydrogen (secondary N) is 1. The van der Waals surface area contributed by atoms with E-state index >= 15 is 0 Å². The molecule has 1 aromatic heterocycles. The monoisotopic (exact) mass is 277 g/mol. The molecular weight excluding hydrogens is 250 g/mol. The molecule has 0 radical (unpaired) electrons. The van der Waals surface area contributed by atoms with E-state index in [-0.39, 0.29) is 0 Å². The second kappa shape index (κ2) is 8.35. The topological polar surface area (TPSA) is 37.4 Å².